The van der Waals surface area contributed by atoms with Gasteiger partial charge >= 0.3 is 0 Å². The van der Waals surface area contributed by atoms with Gasteiger partial charge in [-0.3, -0.25) is 4.90 Å². The molecule has 0 atom stereocenters. The van der Waals surface area contributed by atoms with Gasteiger partial charge in [0.25, 0.3) is 0 Å². The monoisotopic (exact) mass is 430 g/mol. The van der Waals surface area contributed by atoms with Crippen molar-refractivity contribution in [3.8, 4) is 5.75 Å². The van der Waals surface area contributed by atoms with Crippen LogP contribution in [0.15, 0.2) is 71.6 Å². The Labute approximate surface area is 176 Å². The Hall–Kier alpha value is -2.12. The van der Waals surface area contributed by atoms with Crippen LogP contribution in [0.2, 0.25) is 5.02 Å². The average Bonchev–Trinajstić information content (AvgIpc) is 2.75. The third-order valence-corrected chi connectivity index (χ3v) is 7.33. The lowest BCUT2D eigenvalue weighted by Gasteiger charge is -2.33. The predicted molar refractivity (Wildman–Crippen MR) is 116 cm³/mol. The third-order valence-electron chi connectivity index (χ3n) is 5.18. The Balaban J connectivity index is 1.32. The minimum absolute atomic E-state index is 0.357. The van der Waals surface area contributed by atoms with Gasteiger partial charge in [0.15, 0.2) is 0 Å². The minimum Gasteiger partial charge on any atom is -0.492 e. The maximum atomic E-state index is 13.0. The second-order valence-corrected chi connectivity index (χ2v) is 9.43. The van der Waals surface area contributed by atoms with Crippen molar-refractivity contribution in [3.05, 3.63) is 71.8 Å². The van der Waals surface area contributed by atoms with Crippen molar-refractivity contribution in [2.45, 2.75) is 4.90 Å². The van der Waals surface area contributed by atoms with E-state index in [-0.39, 0.29) is 0 Å². The molecule has 1 aliphatic rings. The summed E-state index contributed by atoms with van der Waals surface area (Å²) >= 11 is 5.87. The summed E-state index contributed by atoms with van der Waals surface area (Å²) in [5.41, 5.74) is 0. The van der Waals surface area contributed by atoms with Crippen molar-refractivity contribution in [2.24, 2.45) is 0 Å². The zero-order valence-corrected chi connectivity index (χ0v) is 17.6. The molecule has 0 aliphatic carbocycles. The largest absolute Gasteiger partial charge is 0.492 e. The Morgan fingerprint density at radius 3 is 2.28 bits per heavy atom. The van der Waals surface area contributed by atoms with Crippen molar-refractivity contribution < 1.29 is 13.2 Å². The van der Waals surface area contributed by atoms with E-state index in [0.29, 0.717) is 42.7 Å². The van der Waals surface area contributed by atoms with Crippen molar-refractivity contribution in [2.75, 3.05) is 39.3 Å². The first-order valence-electron chi connectivity index (χ1n) is 9.62. The molecule has 1 aliphatic heterocycles. The van der Waals surface area contributed by atoms with Gasteiger partial charge in [-0.1, -0.05) is 41.9 Å². The van der Waals surface area contributed by atoms with Gasteiger partial charge in [-0.2, -0.15) is 4.31 Å². The van der Waals surface area contributed by atoms with Gasteiger partial charge in [-0.05, 0) is 47.2 Å². The van der Waals surface area contributed by atoms with Crippen LogP contribution in [0.4, 0.5) is 0 Å². The number of fused-ring (bicyclic) bond motifs is 1. The Bertz CT molecular complexity index is 1080. The van der Waals surface area contributed by atoms with Crippen molar-refractivity contribution in [1.29, 1.82) is 0 Å². The number of rotatable bonds is 6. The minimum atomic E-state index is -3.48. The van der Waals surface area contributed by atoms with Gasteiger partial charge in [0.2, 0.25) is 10.0 Å². The van der Waals surface area contributed by atoms with Gasteiger partial charge in [-0.25, -0.2) is 8.42 Å². The molecular formula is C22H23ClN2O3S. The quantitative estimate of drug-likeness (QED) is 0.595. The molecule has 0 saturated carbocycles. The molecule has 0 N–H and O–H groups in total. The second kappa shape index (κ2) is 8.71. The van der Waals surface area contributed by atoms with Crippen LogP contribution in [-0.2, 0) is 10.0 Å². The van der Waals surface area contributed by atoms with Crippen LogP contribution >= 0.6 is 11.6 Å². The lowest BCUT2D eigenvalue weighted by atomic mass is 10.1. The highest BCUT2D eigenvalue weighted by Crippen LogP contribution is 2.23. The number of benzene rings is 3. The molecule has 0 radical (unpaired) electrons. The highest BCUT2D eigenvalue weighted by Gasteiger charge is 2.28. The molecule has 4 rings (SSSR count). The van der Waals surface area contributed by atoms with Crippen LogP contribution in [-0.4, -0.2) is 57.0 Å². The van der Waals surface area contributed by atoms with Crippen LogP contribution in [0.1, 0.15) is 0 Å². The lowest BCUT2D eigenvalue weighted by Crippen LogP contribution is -2.49. The maximum absolute atomic E-state index is 13.0. The molecule has 1 fully saturated rings. The Morgan fingerprint density at radius 2 is 1.55 bits per heavy atom. The Kier molecular flexibility index (Phi) is 6.06. The number of hydrogen-bond donors (Lipinski definition) is 0. The highest BCUT2D eigenvalue weighted by molar-refractivity contribution is 7.89. The zero-order valence-electron chi connectivity index (χ0n) is 16.0. The van der Waals surface area contributed by atoms with Gasteiger partial charge in [0.05, 0.1) is 4.90 Å². The number of piperazine rings is 1. The van der Waals surface area contributed by atoms with E-state index in [9.17, 15) is 8.42 Å². The highest BCUT2D eigenvalue weighted by atomic mass is 35.5. The fourth-order valence-corrected chi connectivity index (χ4v) is 5.08. The van der Waals surface area contributed by atoms with Crippen LogP contribution in [0.5, 0.6) is 5.75 Å². The van der Waals surface area contributed by atoms with Crippen LogP contribution in [0.25, 0.3) is 10.8 Å². The molecular weight excluding hydrogens is 408 g/mol. The molecule has 29 heavy (non-hydrogen) atoms. The van der Waals surface area contributed by atoms with Gasteiger partial charge in [0, 0.05) is 37.7 Å². The topological polar surface area (TPSA) is 49.9 Å². The van der Waals surface area contributed by atoms with E-state index >= 15 is 0 Å². The smallest absolute Gasteiger partial charge is 0.243 e. The zero-order chi connectivity index (χ0) is 20.3. The second-order valence-electron chi connectivity index (χ2n) is 7.06. The molecule has 0 amide bonds. The molecule has 0 aromatic heterocycles. The molecule has 0 spiro atoms. The number of nitrogens with zero attached hydrogens (tertiary/aromatic N) is 2. The van der Waals surface area contributed by atoms with E-state index in [1.165, 1.54) is 0 Å². The number of ether oxygens (including phenoxy) is 1. The third kappa shape index (κ3) is 4.73. The first-order chi connectivity index (χ1) is 14.0. The van der Waals surface area contributed by atoms with E-state index in [0.717, 1.165) is 23.1 Å². The SMILES string of the molecule is O=S(=O)(c1ccc2ccccc2c1)N1CCN(CCOc2ccc(Cl)cc2)CC1. The number of sulfonamides is 1. The summed E-state index contributed by atoms with van der Waals surface area (Å²) in [5.74, 6) is 0.784. The molecule has 7 heteroatoms. The standard InChI is InChI=1S/C22H23ClN2O3S/c23-20-6-8-21(9-7-20)28-16-15-24-11-13-25(14-12-24)29(26,27)22-10-5-18-3-1-2-4-19(18)17-22/h1-10,17H,11-16H2. The van der Waals surface area contributed by atoms with Crippen molar-refractivity contribution in [1.82, 2.24) is 9.21 Å². The summed E-state index contributed by atoms with van der Waals surface area (Å²) in [6, 6.07) is 20.4. The van der Waals surface area contributed by atoms with Gasteiger partial charge < -0.3 is 4.74 Å². The van der Waals surface area contributed by atoms with Crippen LogP contribution in [0, 0.1) is 0 Å². The fourth-order valence-electron chi connectivity index (χ4n) is 3.49. The molecule has 152 valence electrons. The van der Waals surface area contributed by atoms with Crippen molar-refractivity contribution in [3.63, 3.8) is 0 Å². The van der Waals surface area contributed by atoms with E-state index in [1.807, 2.05) is 42.5 Å². The van der Waals surface area contributed by atoms with Crippen LogP contribution in [0.3, 0.4) is 0 Å². The number of hydrogen-bond acceptors (Lipinski definition) is 4. The summed E-state index contributed by atoms with van der Waals surface area (Å²) in [7, 11) is -3.48. The first-order valence-corrected chi connectivity index (χ1v) is 11.4. The summed E-state index contributed by atoms with van der Waals surface area (Å²) < 4.78 is 33.4. The normalized spacial score (nSPS) is 16.2. The molecule has 1 heterocycles. The fraction of sp³-hybridized carbons (Fsp3) is 0.273. The predicted octanol–water partition coefficient (Wildman–Crippen LogP) is 3.88. The summed E-state index contributed by atoms with van der Waals surface area (Å²) in [6.07, 6.45) is 0. The van der Waals surface area contributed by atoms with Gasteiger partial charge in [0.1, 0.15) is 12.4 Å². The summed E-state index contributed by atoms with van der Waals surface area (Å²) in [5, 5.41) is 2.66. The maximum Gasteiger partial charge on any atom is 0.243 e. The van der Waals surface area contributed by atoms with E-state index in [1.54, 1.807) is 28.6 Å². The number of halogens is 1. The van der Waals surface area contributed by atoms with Crippen molar-refractivity contribution >= 4 is 32.4 Å². The molecule has 0 unspecified atom stereocenters. The van der Waals surface area contributed by atoms with Gasteiger partial charge in [-0.15, -0.1) is 0 Å². The summed E-state index contributed by atoms with van der Waals surface area (Å²) in [6.45, 7) is 3.66. The molecule has 3 aromatic rings. The van der Waals surface area contributed by atoms with E-state index in [2.05, 4.69) is 4.90 Å². The molecule has 3 aromatic carbocycles. The molecule has 1 saturated heterocycles. The Morgan fingerprint density at radius 1 is 0.862 bits per heavy atom. The first kappa shape index (κ1) is 20.2. The lowest BCUT2D eigenvalue weighted by molar-refractivity contribution is 0.159. The molecule has 0 bridgehead atoms. The summed E-state index contributed by atoms with van der Waals surface area (Å²) in [4.78, 5) is 2.58. The van der Waals surface area contributed by atoms with Crippen LogP contribution < -0.4 is 4.74 Å². The molecule has 5 nitrogen and oxygen atoms in total. The van der Waals surface area contributed by atoms with E-state index < -0.39 is 10.0 Å². The average molecular weight is 431 g/mol. The van der Waals surface area contributed by atoms with E-state index in [4.69, 9.17) is 16.3 Å².